The normalized spacial score (nSPS) is 19.0. The molecule has 1 saturated heterocycles. The van der Waals surface area contributed by atoms with Crippen LogP contribution in [-0.4, -0.2) is 53.1 Å². The second kappa shape index (κ2) is 9.50. The SMILES string of the molecule is COc1c(C(=O)NN2C[C@@H](C)O[C@@H](C)C2)nn(-c2ccccc2Cl)c1-c1ccc(Cl)cc1. The van der Waals surface area contributed by atoms with Gasteiger partial charge in [-0.25, -0.2) is 9.69 Å². The van der Waals surface area contributed by atoms with Crippen LogP contribution in [0, 0.1) is 0 Å². The molecule has 2 heterocycles. The first-order chi connectivity index (χ1) is 15.4. The number of hydrogen-bond acceptors (Lipinski definition) is 5. The van der Waals surface area contributed by atoms with Crippen molar-refractivity contribution in [3.63, 3.8) is 0 Å². The summed E-state index contributed by atoms with van der Waals surface area (Å²) in [4.78, 5) is 13.3. The number of morpholine rings is 1. The number of nitrogens with zero attached hydrogens (tertiary/aromatic N) is 3. The highest BCUT2D eigenvalue weighted by Gasteiger charge is 2.29. The zero-order valence-corrected chi connectivity index (χ0v) is 19.5. The summed E-state index contributed by atoms with van der Waals surface area (Å²) < 4.78 is 13.1. The maximum atomic E-state index is 13.3. The maximum Gasteiger partial charge on any atom is 0.289 e. The van der Waals surface area contributed by atoms with E-state index in [1.54, 1.807) is 22.9 Å². The van der Waals surface area contributed by atoms with E-state index in [9.17, 15) is 4.79 Å². The molecule has 0 aliphatic carbocycles. The molecule has 0 radical (unpaired) electrons. The summed E-state index contributed by atoms with van der Waals surface area (Å²) >= 11 is 12.6. The van der Waals surface area contributed by atoms with Crippen LogP contribution < -0.4 is 10.2 Å². The molecule has 1 N–H and O–H groups in total. The van der Waals surface area contributed by atoms with Crippen molar-refractivity contribution in [1.82, 2.24) is 20.2 Å². The molecule has 1 aliphatic heterocycles. The Bertz CT molecular complexity index is 1110. The van der Waals surface area contributed by atoms with Gasteiger partial charge < -0.3 is 9.47 Å². The monoisotopic (exact) mass is 474 g/mol. The number of halogens is 2. The van der Waals surface area contributed by atoms with E-state index in [2.05, 4.69) is 10.5 Å². The quantitative estimate of drug-likeness (QED) is 0.584. The highest BCUT2D eigenvalue weighted by atomic mass is 35.5. The predicted octanol–water partition coefficient (Wildman–Crippen LogP) is 4.61. The first-order valence-electron chi connectivity index (χ1n) is 10.3. The molecule has 2 atom stereocenters. The number of hydrogen-bond donors (Lipinski definition) is 1. The van der Waals surface area contributed by atoms with Gasteiger partial charge in [-0.2, -0.15) is 5.10 Å². The van der Waals surface area contributed by atoms with E-state index in [0.29, 0.717) is 40.3 Å². The Kier molecular flexibility index (Phi) is 6.71. The summed E-state index contributed by atoms with van der Waals surface area (Å²) in [5.41, 5.74) is 5.12. The highest BCUT2D eigenvalue weighted by molar-refractivity contribution is 6.32. The number of nitrogens with one attached hydrogen (secondary N) is 1. The van der Waals surface area contributed by atoms with Crippen LogP contribution in [0.4, 0.5) is 0 Å². The molecule has 168 valence electrons. The Morgan fingerprint density at radius 1 is 1.09 bits per heavy atom. The average Bonchev–Trinajstić information content (AvgIpc) is 3.13. The average molecular weight is 475 g/mol. The molecule has 9 heteroatoms. The first kappa shape index (κ1) is 22.6. The van der Waals surface area contributed by atoms with E-state index < -0.39 is 0 Å². The molecule has 1 aromatic heterocycles. The summed E-state index contributed by atoms with van der Waals surface area (Å²) in [5.74, 6) is -0.0248. The Morgan fingerprint density at radius 3 is 2.38 bits per heavy atom. The topological polar surface area (TPSA) is 68.6 Å². The van der Waals surface area contributed by atoms with Crippen LogP contribution in [0.2, 0.25) is 10.0 Å². The zero-order valence-electron chi connectivity index (χ0n) is 18.0. The highest BCUT2D eigenvalue weighted by Crippen LogP contribution is 2.37. The number of para-hydroxylation sites is 1. The zero-order chi connectivity index (χ0) is 22.8. The van der Waals surface area contributed by atoms with Crippen molar-refractivity contribution in [1.29, 1.82) is 0 Å². The maximum absolute atomic E-state index is 13.3. The third-order valence-corrected chi connectivity index (χ3v) is 5.71. The second-order valence-corrected chi connectivity index (χ2v) is 8.55. The summed E-state index contributed by atoms with van der Waals surface area (Å²) in [6, 6.07) is 14.5. The molecule has 1 fully saturated rings. The van der Waals surface area contributed by atoms with Crippen LogP contribution >= 0.6 is 23.2 Å². The van der Waals surface area contributed by atoms with Gasteiger partial charge in [0, 0.05) is 23.7 Å². The van der Waals surface area contributed by atoms with E-state index in [-0.39, 0.29) is 23.8 Å². The Morgan fingerprint density at radius 2 is 1.75 bits per heavy atom. The van der Waals surface area contributed by atoms with Gasteiger partial charge in [-0.3, -0.25) is 10.2 Å². The van der Waals surface area contributed by atoms with Crippen LogP contribution in [0.15, 0.2) is 48.5 Å². The molecule has 0 spiro atoms. The van der Waals surface area contributed by atoms with Gasteiger partial charge >= 0.3 is 0 Å². The molecule has 7 nitrogen and oxygen atoms in total. The standard InChI is InChI=1S/C23H24Cl2N4O3/c1-14-12-28(13-15(2)32-14)27-23(30)20-22(31-3)21(16-8-10-17(24)11-9-16)29(26-20)19-7-5-4-6-18(19)25/h4-11,14-15H,12-13H2,1-3H3,(H,27,30)/t14-,15+. The number of methoxy groups -OCH3 is 1. The molecule has 32 heavy (non-hydrogen) atoms. The number of rotatable bonds is 5. The number of amides is 1. The van der Waals surface area contributed by atoms with Crippen LogP contribution in [0.25, 0.3) is 16.9 Å². The molecule has 0 bridgehead atoms. The summed E-state index contributed by atoms with van der Waals surface area (Å²) in [7, 11) is 1.52. The van der Waals surface area contributed by atoms with E-state index in [4.69, 9.17) is 32.7 Å². The summed E-state index contributed by atoms with van der Waals surface area (Å²) in [5, 5.41) is 7.56. The minimum absolute atomic E-state index is 0.00579. The molecule has 0 unspecified atom stereocenters. The van der Waals surface area contributed by atoms with Crippen molar-refractivity contribution < 1.29 is 14.3 Å². The van der Waals surface area contributed by atoms with Gasteiger partial charge in [0.05, 0.1) is 30.0 Å². The fourth-order valence-corrected chi connectivity index (χ4v) is 4.21. The van der Waals surface area contributed by atoms with Crippen molar-refractivity contribution >= 4 is 29.1 Å². The third kappa shape index (κ3) is 4.61. The van der Waals surface area contributed by atoms with Gasteiger partial charge in [0.15, 0.2) is 11.4 Å². The molecular formula is C23H24Cl2N4O3. The van der Waals surface area contributed by atoms with Gasteiger partial charge in [0.25, 0.3) is 5.91 Å². The van der Waals surface area contributed by atoms with Crippen molar-refractivity contribution in [3.8, 4) is 22.7 Å². The number of ether oxygens (including phenoxy) is 2. The predicted molar refractivity (Wildman–Crippen MR) is 125 cm³/mol. The largest absolute Gasteiger partial charge is 0.492 e. The molecule has 3 aromatic rings. The minimum Gasteiger partial charge on any atom is -0.492 e. The third-order valence-electron chi connectivity index (χ3n) is 5.14. The van der Waals surface area contributed by atoms with Gasteiger partial charge in [0.1, 0.15) is 5.69 Å². The smallest absolute Gasteiger partial charge is 0.289 e. The van der Waals surface area contributed by atoms with Crippen molar-refractivity contribution in [2.45, 2.75) is 26.1 Å². The Balaban J connectivity index is 1.79. The van der Waals surface area contributed by atoms with E-state index in [1.807, 2.05) is 49.2 Å². The lowest BCUT2D eigenvalue weighted by molar-refractivity contribution is -0.0798. The fraction of sp³-hybridized carbons (Fsp3) is 0.304. The molecule has 0 saturated carbocycles. The molecule has 1 amide bonds. The van der Waals surface area contributed by atoms with Gasteiger partial charge in [-0.1, -0.05) is 47.5 Å². The minimum atomic E-state index is -0.371. The first-order valence-corrected chi connectivity index (χ1v) is 11.0. The lowest BCUT2D eigenvalue weighted by atomic mass is 10.1. The number of carbonyl (C=O) groups is 1. The Hall–Kier alpha value is -2.58. The lowest BCUT2D eigenvalue weighted by Crippen LogP contribution is -2.53. The molecule has 2 aromatic carbocycles. The van der Waals surface area contributed by atoms with Gasteiger partial charge in [-0.05, 0) is 38.1 Å². The molecular weight excluding hydrogens is 451 g/mol. The van der Waals surface area contributed by atoms with E-state index in [0.717, 1.165) is 5.56 Å². The van der Waals surface area contributed by atoms with Crippen LogP contribution in [0.5, 0.6) is 5.75 Å². The number of aromatic nitrogens is 2. The van der Waals surface area contributed by atoms with Crippen molar-refractivity contribution in [2.75, 3.05) is 20.2 Å². The fourth-order valence-electron chi connectivity index (χ4n) is 3.87. The van der Waals surface area contributed by atoms with E-state index in [1.165, 1.54) is 7.11 Å². The number of hydrazine groups is 1. The van der Waals surface area contributed by atoms with Crippen molar-refractivity contribution in [3.05, 3.63) is 64.3 Å². The second-order valence-electron chi connectivity index (χ2n) is 7.70. The van der Waals surface area contributed by atoms with E-state index >= 15 is 0 Å². The van der Waals surface area contributed by atoms with Crippen LogP contribution in [0.1, 0.15) is 24.3 Å². The summed E-state index contributed by atoms with van der Waals surface area (Å²) in [6.07, 6.45) is 0.0116. The Labute approximate surface area is 196 Å². The molecule has 1 aliphatic rings. The van der Waals surface area contributed by atoms with Crippen LogP contribution in [-0.2, 0) is 4.74 Å². The number of carbonyl (C=O) groups excluding carboxylic acids is 1. The van der Waals surface area contributed by atoms with Gasteiger partial charge in [0.2, 0.25) is 0 Å². The summed E-state index contributed by atoms with van der Waals surface area (Å²) in [6.45, 7) is 5.10. The molecule has 4 rings (SSSR count). The van der Waals surface area contributed by atoms with Crippen LogP contribution in [0.3, 0.4) is 0 Å². The lowest BCUT2D eigenvalue weighted by Gasteiger charge is -2.35. The van der Waals surface area contributed by atoms with Crippen molar-refractivity contribution in [2.24, 2.45) is 0 Å². The van der Waals surface area contributed by atoms with Gasteiger partial charge in [-0.15, -0.1) is 0 Å². The number of benzene rings is 2.